The standard InChI is InChI=1S/C9H7ClN2O2S/c10-7-2-1-6(15-7)5-12-4-3-8(13)11-9(12)14/h1-4H,5H2,(H,11,13,14). The van der Waals surface area contributed by atoms with Gasteiger partial charge in [-0.1, -0.05) is 11.6 Å². The maximum atomic E-state index is 11.3. The highest BCUT2D eigenvalue weighted by atomic mass is 35.5. The number of aromatic amines is 1. The molecule has 0 aliphatic heterocycles. The Hall–Kier alpha value is -1.33. The van der Waals surface area contributed by atoms with Crippen molar-refractivity contribution in [2.45, 2.75) is 6.54 Å². The van der Waals surface area contributed by atoms with E-state index in [0.717, 1.165) is 4.88 Å². The molecule has 15 heavy (non-hydrogen) atoms. The highest BCUT2D eigenvalue weighted by Crippen LogP contribution is 2.21. The van der Waals surface area contributed by atoms with Crippen LogP contribution in [0.5, 0.6) is 0 Å². The summed E-state index contributed by atoms with van der Waals surface area (Å²) in [4.78, 5) is 25.3. The Bertz CT molecular complexity index is 584. The van der Waals surface area contributed by atoms with Crippen LogP contribution in [0.15, 0.2) is 34.0 Å². The number of thiophene rings is 1. The number of rotatable bonds is 2. The third-order valence-electron chi connectivity index (χ3n) is 1.85. The van der Waals surface area contributed by atoms with E-state index < -0.39 is 5.69 Å². The summed E-state index contributed by atoms with van der Waals surface area (Å²) in [5.74, 6) is 0. The van der Waals surface area contributed by atoms with Crippen LogP contribution in [0.2, 0.25) is 4.34 Å². The average molecular weight is 243 g/mol. The van der Waals surface area contributed by atoms with Gasteiger partial charge < -0.3 is 0 Å². The number of aromatic nitrogens is 2. The van der Waals surface area contributed by atoms with E-state index in [9.17, 15) is 9.59 Å². The summed E-state index contributed by atoms with van der Waals surface area (Å²) in [6, 6.07) is 4.94. The van der Waals surface area contributed by atoms with Gasteiger partial charge in [-0.05, 0) is 12.1 Å². The summed E-state index contributed by atoms with van der Waals surface area (Å²) >= 11 is 7.17. The Balaban J connectivity index is 2.32. The minimum absolute atomic E-state index is 0.388. The lowest BCUT2D eigenvalue weighted by atomic mass is 10.4. The zero-order valence-corrected chi connectivity index (χ0v) is 9.14. The molecule has 0 aliphatic rings. The lowest BCUT2D eigenvalue weighted by Gasteiger charge is -2.00. The molecule has 2 aromatic heterocycles. The number of nitrogens with one attached hydrogen (secondary N) is 1. The van der Waals surface area contributed by atoms with Gasteiger partial charge in [0.05, 0.1) is 10.9 Å². The normalized spacial score (nSPS) is 10.5. The summed E-state index contributed by atoms with van der Waals surface area (Å²) < 4.78 is 2.10. The fraction of sp³-hybridized carbons (Fsp3) is 0.111. The molecule has 0 bridgehead atoms. The fourth-order valence-corrected chi connectivity index (χ4v) is 2.26. The van der Waals surface area contributed by atoms with Crippen molar-refractivity contribution in [2.24, 2.45) is 0 Å². The molecule has 0 aromatic carbocycles. The number of hydrogen-bond acceptors (Lipinski definition) is 3. The van der Waals surface area contributed by atoms with Crippen molar-refractivity contribution < 1.29 is 0 Å². The van der Waals surface area contributed by atoms with E-state index in [2.05, 4.69) is 4.98 Å². The first-order chi connectivity index (χ1) is 7.15. The van der Waals surface area contributed by atoms with E-state index in [0.29, 0.717) is 10.9 Å². The van der Waals surface area contributed by atoms with Crippen LogP contribution < -0.4 is 11.2 Å². The first-order valence-electron chi connectivity index (χ1n) is 4.19. The molecule has 1 N–H and O–H groups in total. The molecule has 2 rings (SSSR count). The first-order valence-corrected chi connectivity index (χ1v) is 5.38. The molecule has 0 atom stereocenters. The van der Waals surface area contributed by atoms with Crippen molar-refractivity contribution in [2.75, 3.05) is 0 Å². The highest BCUT2D eigenvalue weighted by Gasteiger charge is 2.01. The number of halogens is 1. The lowest BCUT2D eigenvalue weighted by Crippen LogP contribution is -2.28. The van der Waals surface area contributed by atoms with Crippen molar-refractivity contribution in [3.63, 3.8) is 0 Å². The second-order valence-electron chi connectivity index (χ2n) is 2.94. The molecule has 2 heterocycles. The van der Waals surface area contributed by atoms with Crippen LogP contribution >= 0.6 is 22.9 Å². The Morgan fingerprint density at radius 1 is 1.33 bits per heavy atom. The first kappa shape index (κ1) is 10.2. The molecule has 0 aliphatic carbocycles. The highest BCUT2D eigenvalue weighted by molar-refractivity contribution is 7.16. The molecule has 0 amide bonds. The summed E-state index contributed by atoms with van der Waals surface area (Å²) in [5.41, 5.74) is -0.799. The second-order valence-corrected chi connectivity index (χ2v) is 4.74. The van der Waals surface area contributed by atoms with Gasteiger partial charge in [-0.2, -0.15) is 0 Å². The largest absolute Gasteiger partial charge is 0.328 e. The molecule has 0 radical (unpaired) electrons. The van der Waals surface area contributed by atoms with E-state index in [1.165, 1.54) is 28.2 Å². The molecule has 0 saturated heterocycles. The van der Waals surface area contributed by atoms with Crippen molar-refractivity contribution in [1.82, 2.24) is 9.55 Å². The quantitative estimate of drug-likeness (QED) is 0.863. The Morgan fingerprint density at radius 2 is 2.13 bits per heavy atom. The van der Waals surface area contributed by atoms with E-state index in [4.69, 9.17) is 11.6 Å². The zero-order chi connectivity index (χ0) is 10.8. The van der Waals surface area contributed by atoms with Gasteiger partial charge in [-0.25, -0.2) is 4.79 Å². The van der Waals surface area contributed by atoms with Gasteiger partial charge in [0.15, 0.2) is 0 Å². The Morgan fingerprint density at radius 3 is 2.73 bits per heavy atom. The molecule has 4 nitrogen and oxygen atoms in total. The van der Waals surface area contributed by atoms with Crippen LogP contribution in [0.4, 0.5) is 0 Å². The van der Waals surface area contributed by atoms with Gasteiger partial charge in [0.1, 0.15) is 0 Å². The summed E-state index contributed by atoms with van der Waals surface area (Å²) in [6.45, 7) is 0.424. The monoisotopic (exact) mass is 242 g/mol. The van der Waals surface area contributed by atoms with Gasteiger partial charge in [0, 0.05) is 17.1 Å². The molecule has 2 aromatic rings. The van der Waals surface area contributed by atoms with Crippen molar-refractivity contribution in [3.8, 4) is 0 Å². The predicted molar refractivity (Wildman–Crippen MR) is 59.8 cm³/mol. The third kappa shape index (κ3) is 2.37. The third-order valence-corrected chi connectivity index (χ3v) is 3.07. The van der Waals surface area contributed by atoms with Crippen molar-refractivity contribution in [3.05, 3.63) is 54.4 Å². The Kier molecular flexibility index (Phi) is 2.75. The predicted octanol–water partition coefficient (Wildman–Crippen LogP) is 1.30. The smallest absolute Gasteiger partial charge is 0.295 e. The van der Waals surface area contributed by atoms with Crippen LogP contribution in [0.1, 0.15) is 4.88 Å². The molecule has 6 heteroatoms. The van der Waals surface area contributed by atoms with E-state index in [-0.39, 0.29) is 5.56 Å². The van der Waals surface area contributed by atoms with E-state index >= 15 is 0 Å². The topological polar surface area (TPSA) is 54.9 Å². The number of hydrogen-bond donors (Lipinski definition) is 1. The number of nitrogens with zero attached hydrogens (tertiary/aromatic N) is 1. The van der Waals surface area contributed by atoms with Crippen molar-refractivity contribution >= 4 is 22.9 Å². The minimum atomic E-state index is -0.410. The zero-order valence-electron chi connectivity index (χ0n) is 7.57. The van der Waals surface area contributed by atoms with Crippen LogP contribution in [-0.2, 0) is 6.54 Å². The minimum Gasteiger partial charge on any atom is -0.295 e. The number of H-pyrrole nitrogens is 1. The molecule has 0 saturated carbocycles. The fourth-order valence-electron chi connectivity index (χ4n) is 1.17. The van der Waals surface area contributed by atoms with Crippen molar-refractivity contribution in [1.29, 1.82) is 0 Å². The SMILES string of the molecule is O=c1ccn(Cc2ccc(Cl)s2)c(=O)[nH]1. The van der Waals surface area contributed by atoms with Gasteiger partial charge in [0.25, 0.3) is 5.56 Å². The summed E-state index contributed by atoms with van der Waals surface area (Å²) in [6.07, 6.45) is 1.47. The van der Waals surface area contributed by atoms with Gasteiger partial charge in [-0.3, -0.25) is 14.3 Å². The molecular formula is C9H7ClN2O2S. The molecule has 78 valence electrons. The summed E-state index contributed by atoms with van der Waals surface area (Å²) in [7, 11) is 0. The van der Waals surface area contributed by atoms with Crippen LogP contribution in [0, 0.1) is 0 Å². The van der Waals surface area contributed by atoms with Crippen LogP contribution in [-0.4, -0.2) is 9.55 Å². The molecule has 0 unspecified atom stereocenters. The Labute approximate surface area is 93.8 Å². The van der Waals surface area contributed by atoms with Crippen LogP contribution in [0.25, 0.3) is 0 Å². The second kappa shape index (κ2) is 4.04. The van der Waals surface area contributed by atoms with Gasteiger partial charge in [0.2, 0.25) is 0 Å². The molecule has 0 fully saturated rings. The summed E-state index contributed by atoms with van der Waals surface area (Å²) in [5, 5.41) is 0. The van der Waals surface area contributed by atoms with Gasteiger partial charge in [-0.15, -0.1) is 11.3 Å². The van der Waals surface area contributed by atoms with Crippen LogP contribution in [0.3, 0.4) is 0 Å². The maximum Gasteiger partial charge on any atom is 0.328 e. The molecular weight excluding hydrogens is 236 g/mol. The lowest BCUT2D eigenvalue weighted by molar-refractivity contribution is 0.729. The average Bonchev–Trinajstić information content (AvgIpc) is 2.56. The molecule has 0 spiro atoms. The van der Waals surface area contributed by atoms with E-state index in [1.54, 1.807) is 6.07 Å². The maximum absolute atomic E-state index is 11.3. The van der Waals surface area contributed by atoms with Gasteiger partial charge >= 0.3 is 5.69 Å². The van der Waals surface area contributed by atoms with E-state index in [1.807, 2.05) is 6.07 Å².